The quantitative estimate of drug-likeness (QED) is 0.891. The van der Waals surface area contributed by atoms with Gasteiger partial charge in [-0.2, -0.15) is 5.10 Å². The van der Waals surface area contributed by atoms with E-state index in [9.17, 15) is 0 Å². The van der Waals surface area contributed by atoms with E-state index < -0.39 is 0 Å². The zero-order valence-electron chi connectivity index (χ0n) is 12.9. The molecule has 1 unspecified atom stereocenters. The maximum atomic E-state index is 6.19. The van der Waals surface area contributed by atoms with E-state index in [-0.39, 0.29) is 6.04 Å². The number of nitrogens with one attached hydrogen (secondary N) is 1. The molecular weight excluding hydrogens is 305 g/mol. The number of aryl methyl sites for hydroxylation is 2. The molecule has 0 aliphatic heterocycles. The van der Waals surface area contributed by atoms with Gasteiger partial charge in [0.2, 0.25) is 0 Å². The highest BCUT2D eigenvalue weighted by Gasteiger charge is 2.15. The maximum Gasteiger partial charge on any atom is 0.0644 e. The predicted octanol–water partition coefficient (Wildman–Crippen LogP) is 4.24. The highest BCUT2D eigenvalue weighted by atomic mass is 35.5. The summed E-state index contributed by atoms with van der Waals surface area (Å²) in [5, 5.41) is 9.40. The van der Waals surface area contributed by atoms with Crippen LogP contribution in [0.1, 0.15) is 35.5 Å². The van der Waals surface area contributed by atoms with Crippen LogP contribution in [0.2, 0.25) is 10.0 Å². The molecule has 0 aliphatic carbocycles. The average molecular weight is 326 g/mol. The molecule has 0 radical (unpaired) electrons. The van der Waals surface area contributed by atoms with Crippen LogP contribution in [-0.4, -0.2) is 16.3 Å². The topological polar surface area (TPSA) is 29.9 Å². The van der Waals surface area contributed by atoms with Crippen LogP contribution in [-0.2, 0) is 13.5 Å². The van der Waals surface area contributed by atoms with Crippen molar-refractivity contribution in [3.05, 3.63) is 50.8 Å². The van der Waals surface area contributed by atoms with Crippen LogP contribution >= 0.6 is 23.2 Å². The lowest BCUT2D eigenvalue weighted by molar-refractivity contribution is 0.571. The zero-order chi connectivity index (χ0) is 15.6. The maximum absolute atomic E-state index is 6.19. The van der Waals surface area contributed by atoms with Gasteiger partial charge in [0.1, 0.15) is 0 Å². The lowest BCUT2D eigenvalue weighted by Crippen LogP contribution is -2.22. The smallest absolute Gasteiger partial charge is 0.0644 e. The molecule has 0 bridgehead atoms. The molecule has 0 saturated heterocycles. The van der Waals surface area contributed by atoms with Crippen LogP contribution in [0.3, 0.4) is 0 Å². The highest BCUT2D eigenvalue weighted by molar-refractivity contribution is 6.35. The van der Waals surface area contributed by atoms with E-state index in [4.69, 9.17) is 23.2 Å². The molecule has 21 heavy (non-hydrogen) atoms. The van der Waals surface area contributed by atoms with Crippen LogP contribution in [0.5, 0.6) is 0 Å². The van der Waals surface area contributed by atoms with Crippen molar-refractivity contribution in [2.75, 3.05) is 6.54 Å². The number of halogens is 2. The third-order valence-electron chi connectivity index (χ3n) is 3.86. The summed E-state index contributed by atoms with van der Waals surface area (Å²) in [5.74, 6) is 0. The first-order valence-electron chi connectivity index (χ1n) is 7.07. The van der Waals surface area contributed by atoms with Crippen molar-refractivity contribution < 1.29 is 0 Å². The van der Waals surface area contributed by atoms with Crippen LogP contribution in [0.25, 0.3) is 0 Å². The van der Waals surface area contributed by atoms with Gasteiger partial charge in [0, 0.05) is 34.4 Å². The normalized spacial score (nSPS) is 12.7. The fourth-order valence-electron chi connectivity index (χ4n) is 2.67. The second kappa shape index (κ2) is 6.82. The first-order chi connectivity index (χ1) is 9.90. The van der Waals surface area contributed by atoms with E-state index in [0.717, 1.165) is 29.2 Å². The van der Waals surface area contributed by atoms with E-state index >= 15 is 0 Å². The van der Waals surface area contributed by atoms with Gasteiger partial charge in [0.15, 0.2) is 0 Å². The summed E-state index contributed by atoms with van der Waals surface area (Å²) >= 11 is 12.1. The van der Waals surface area contributed by atoms with Gasteiger partial charge in [-0.05, 0) is 51.4 Å². The van der Waals surface area contributed by atoms with Gasteiger partial charge in [-0.3, -0.25) is 4.68 Å². The fourth-order valence-corrected chi connectivity index (χ4v) is 3.17. The minimum Gasteiger partial charge on any atom is -0.310 e. The summed E-state index contributed by atoms with van der Waals surface area (Å²) in [6, 6.07) is 5.92. The Morgan fingerprint density at radius 1 is 1.29 bits per heavy atom. The van der Waals surface area contributed by atoms with Gasteiger partial charge in [-0.25, -0.2) is 0 Å². The summed E-state index contributed by atoms with van der Waals surface area (Å²) < 4.78 is 1.93. The standard InChI is InChI=1S/C16H21Cl2N3/c1-10(16-11(2)20-21(4)12(16)3)19-8-7-13-5-6-14(17)9-15(13)18/h5-6,9-10,19H,7-8H2,1-4H3. The van der Waals surface area contributed by atoms with Crippen molar-refractivity contribution in [3.63, 3.8) is 0 Å². The summed E-state index contributed by atoms with van der Waals surface area (Å²) in [7, 11) is 1.98. The number of rotatable bonds is 5. The first-order valence-corrected chi connectivity index (χ1v) is 7.83. The predicted molar refractivity (Wildman–Crippen MR) is 89.3 cm³/mol. The summed E-state index contributed by atoms with van der Waals surface area (Å²) in [6.45, 7) is 7.18. The third-order valence-corrected chi connectivity index (χ3v) is 4.44. The molecular formula is C16H21Cl2N3. The molecule has 1 atom stereocenters. The van der Waals surface area contributed by atoms with E-state index in [1.54, 1.807) is 6.07 Å². The van der Waals surface area contributed by atoms with Gasteiger partial charge in [-0.15, -0.1) is 0 Å². The molecule has 0 aliphatic rings. The van der Waals surface area contributed by atoms with Crippen molar-refractivity contribution >= 4 is 23.2 Å². The number of nitrogens with zero attached hydrogens (tertiary/aromatic N) is 2. The van der Waals surface area contributed by atoms with E-state index in [1.807, 2.05) is 23.9 Å². The molecule has 0 spiro atoms. The number of hydrogen-bond donors (Lipinski definition) is 1. The molecule has 0 fully saturated rings. The molecule has 0 amide bonds. The largest absolute Gasteiger partial charge is 0.310 e. The van der Waals surface area contributed by atoms with Gasteiger partial charge in [0.25, 0.3) is 0 Å². The molecule has 1 heterocycles. The van der Waals surface area contributed by atoms with Crippen LogP contribution in [0, 0.1) is 13.8 Å². The zero-order valence-corrected chi connectivity index (χ0v) is 14.4. The fraction of sp³-hybridized carbons (Fsp3) is 0.438. The molecule has 0 saturated carbocycles. The first kappa shape index (κ1) is 16.3. The molecule has 5 heteroatoms. The van der Waals surface area contributed by atoms with Crippen LogP contribution in [0.15, 0.2) is 18.2 Å². The van der Waals surface area contributed by atoms with Gasteiger partial charge in [-0.1, -0.05) is 29.3 Å². The Hall–Kier alpha value is -1.03. The van der Waals surface area contributed by atoms with Crippen LogP contribution in [0.4, 0.5) is 0 Å². The average Bonchev–Trinajstić information content (AvgIpc) is 2.66. The van der Waals surface area contributed by atoms with Gasteiger partial charge < -0.3 is 5.32 Å². The number of benzene rings is 1. The lowest BCUT2D eigenvalue weighted by Gasteiger charge is -2.15. The van der Waals surface area contributed by atoms with Crippen molar-refractivity contribution in [2.24, 2.45) is 7.05 Å². The molecule has 2 rings (SSSR count). The monoisotopic (exact) mass is 325 g/mol. The van der Waals surface area contributed by atoms with E-state index in [0.29, 0.717) is 5.02 Å². The molecule has 114 valence electrons. The summed E-state index contributed by atoms with van der Waals surface area (Å²) in [5.41, 5.74) is 4.68. The second-order valence-electron chi connectivity index (χ2n) is 5.37. The van der Waals surface area contributed by atoms with Gasteiger partial charge >= 0.3 is 0 Å². The molecule has 1 aromatic carbocycles. The SMILES string of the molecule is Cc1nn(C)c(C)c1C(C)NCCc1ccc(Cl)cc1Cl. The van der Waals surface area contributed by atoms with Crippen molar-refractivity contribution in [2.45, 2.75) is 33.2 Å². The Bertz CT molecular complexity index is 635. The molecule has 1 N–H and O–H groups in total. The number of aromatic nitrogens is 2. The van der Waals surface area contributed by atoms with E-state index in [1.165, 1.54) is 11.3 Å². The van der Waals surface area contributed by atoms with Crippen LogP contribution < -0.4 is 5.32 Å². The second-order valence-corrected chi connectivity index (χ2v) is 6.21. The molecule has 2 aromatic rings. The highest BCUT2D eigenvalue weighted by Crippen LogP contribution is 2.23. The summed E-state index contributed by atoms with van der Waals surface area (Å²) in [4.78, 5) is 0. The Kier molecular flexibility index (Phi) is 5.31. The van der Waals surface area contributed by atoms with E-state index in [2.05, 4.69) is 31.2 Å². The summed E-state index contributed by atoms with van der Waals surface area (Å²) in [6.07, 6.45) is 0.874. The minimum atomic E-state index is 0.268. The Morgan fingerprint density at radius 3 is 2.57 bits per heavy atom. The lowest BCUT2D eigenvalue weighted by atomic mass is 10.1. The van der Waals surface area contributed by atoms with Crippen molar-refractivity contribution in [3.8, 4) is 0 Å². The van der Waals surface area contributed by atoms with Crippen molar-refractivity contribution in [1.29, 1.82) is 0 Å². The third kappa shape index (κ3) is 3.79. The van der Waals surface area contributed by atoms with Gasteiger partial charge in [0.05, 0.1) is 5.69 Å². The Labute approximate surface area is 136 Å². The van der Waals surface area contributed by atoms with Crippen molar-refractivity contribution in [1.82, 2.24) is 15.1 Å². The number of hydrogen-bond acceptors (Lipinski definition) is 2. The Morgan fingerprint density at radius 2 is 2.00 bits per heavy atom. The molecule has 1 aromatic heterocycles. The molecule has 3 nitrogen and oxygen atoms in total. The minimum absolute atomic E-state index is 0.268. The Balaban J connectivity index is 1.97.